The van der Waals surface area contributed by atoms with Crippen LogP contribution >= 0.6 is 11.6 Å². The standard InChI is InChI=1S/C15H19ClN2O2/c1-10-11(2)17-18(12(10)3)8-14(19)9-20-15-6-4-13(16)5-7-15/h4-7,14,19H,8-9H2,1-3H3. The molecule has 0 radical (unpaired) electrons. The average Bonchev–Trinajstić information content (AvgIpc) is 2.66. The molecule has 1 atom stereocenters. The zero-order valence-electron chi connectivity index (χ0n) is 11.9. The molecule has 1 aromatic heterocycles. The topological polar surface area (TPSA) is 47.3 Å². The van der Waals surface area contributed by atoms with Crippen molar-refractivity contribution in [3.8, 4) is 5.75 Å². The molecule has 0 saturated heterocycles. The molecule has 0 spiro atoms. The van der Waals surface area contributed by atoms with Crippen LogP contribution in [0, 0.1) is 20.8 Å². The van der Waals surface area contributed by atoms with Crippen molar-refractivity contribution in [2.24, 2.45) is 0 Å². The number of benzene rings is 1. The Labute approximate surface area is 123 Å². The molecule has 0 saturated carbocycles. The van der Waals surface area contributed by atoms with Crippen LogP contribution in [-0.4, -0.2) is 27.6 Å². The molecule has 108 valence electrons. The van der Waals surface area contributed by atoms with Crippen LogP contribution in [0.4, 0.5) is 0 Å². The van der Waals surface area contributed by atoms with E-state index in [4.69, 9.17) is 16.3 Å². The van der Waals surface area contributed by atoms with E-state index < -0.39 is 6.10 Å². The Balaban J connectivity index is 1.90. The van der Waals surface area contributed by atoms with Crippen LogP contribution < -0.4 is 4.74 Å². The van der Waals surface area contributed by atoms with E-state index in [1.807, 2.05) is 25.5 Å². The third-order valence-corrected chi connectivity index (χ3v) is 3.63. The number of aliphatic hydroxyl groups excluding tert-OH is 1. The van der Waals surface area contributed by atoms with Gasteiger partial charge < -0.3 is 9.84 Å². The Bertz CT molecular complexity index is 578. The summed E-state index contributed by atoms with van der Waals surface area (Å²) in [6.07, 6.45) is -0.608. The van der Waals surface area contributed by atoms with Gasteiger partial charge in [-0.25, -0.2) is 0 Å². The van der Waals surface area contributed by atoms with E-state index in [1.54, 1.807) is 24.3 Å². The van der Waals surface area contributed by atoms with E-state index in [0.717, 1.165) is 17.0 Å². The first kappa shape index (κ1) is 14.9. The molecule has 0 amide bonds. The van der Waals surface area contributed by atoms with Crippen molar-refractivity contribution in [3.63, 3.8) is 0 Å². The van der Waals surface area contributed by atoms with E-state index in [-0.39, 0.29) is 6.61 Å². The number of hydrogen-bond donors (Lipinski definition) is 1. The molecule has 1 aromatic carbocycles. The van der Waals surface area contributed by atoms with Gasteiger partial charge in [0.05, 0.1) is 12.2 Å². The molecule has 2 rings (SSSR count). The van der Waals surface area contributed by atoms with Crippen LogP contribution in [0.25, 0.3) is 0 Å². The molecule has 0 aliphatic carbocycles. The summed E-state index contributed by atoms with van der Waals surface area (Å²) in [5, 5.41) is 15.1. The van der Waals surface area contributed by atoms with Crippen molar-refractivity contribution in [1.82, 2.24) is 9.78 Å². The predicted octanol–water partition coefficient (Wildman–Crippen LogP) is 2.90. The third-order valence-electron chi connectivity index (χ3n) is 3.38. The molecule has 4 nitrogen and oxygen atoms in total. The van der Waals surface area contributed by atoms with E-state index in [2.05, 4.69) is 5.10 Å². The number of rotatable bonds is 5. The monoisotopic (exact) mass is 294 g/mol. The fourth-order valence-corrected chi connectivity index (χ4v) is 2.07. The maximum atomic E-state index is 10.0. The Morgan fingerprint density at radius 1 is 1.25 bits per heavy atom. The van der Waals surface area contributed by atoms with Gasteiger partial charge in [-0.15, -0.1) is 0 Å². The van der Waals surface area contributed by atoms with Crippen molar-refractivity contribution in [1.29, 1.82) is 0 Å². The number of ether oxygens (including phenoxy) is 1. The molecular formula is C15H19ClN2O2. The van der Waals surface area contributed by atoms with Gasteiger partial charge in [-0.2, -0.15) is 5.10 Å². The summed E-state index contributed by atoms with van der Waals surface area (Å²) in [7, 11) is 0. The Morgan fingerprint density at radius 3 is 2.45 bits per heavy atom. The van der Waals surface area contributed by atoms with E-state index >= 15 is 0 Å². The third kappa shape index (κ3) is 3.52. The van der Waals surface area contributed by atoms with Crippen LogP contribution in [0.2, 0.25) is 5.02 Å². The first-order chi connectivity index (χ1) is 9.47. The second kappa shape index (κ2) is 6.29. The largest absolute Gasteiger partial charge is 0.491 e. The number of nitrogens with zero attached hydrogens (tertiary/aromatic N) is 2. The lowest BCUT2D eigenvalue weighted by atomic mass is 10.2. The quantitative estimate of drug-likeness (QED) is 0.922. The van der Waals surface area contributed by atoms with Crippen molar-refractivity contribution in [2.75, 3.05) is 6.61 Å². The molecule has 0 bridgehead atoms. The molecule has 0 aliphatic heterocycles. The molecule has 1 heterocycles. The van der Waals surface area contributed by atoms with Crippen LogP contribution in [-0.2, 0) is 6.54 Å². The average molecular weight is 295 g/mol. The summed E-state index contributed by atoms with van der Waals surface area (Å²) in [6.45, 7) is 6.65. The fraction of sp³-hybridized carbons (Fsp3) is 0.400. The summed E-state index contributed by atoms with van der Waals surface area (Å²) in [6, 6.07) is 7.08. The van der Waals surface area contributed by atoms with Crippen molar-refractivity contribution in [3.05, 3.63) is 46.2 Å². The van der Waals surface area contributed by atoms with Gasteiger partial charge in [0.2, 0.25) is 0 Å². The zero-order valence-corrected chi connectivity index (χ0v) is 12.7. The van der Waals surface area contributed by atoms with E-state index in [0.29, 0.717) is 17.3 Å². The van der Waals surface area contributed by atoms with Crippen LogP contribution in [0.1, 0.15) is 17.0 Å². The number of aliphatic hydroxyl groups is 1. The molecular weight excluding hydrogens is 276 g/mol. The van der Waals surface area contributed by atoms with Crippen molar-refractivity contribution in [2.45, 2.75) is 33.4 Å². The van der Waals surface area contributed by atoms with Gasteiger partial charge in [0.15, 0.2) is 0 Å². The predicted molar refractivity (Wildman–Crippen MR) is 79.4 cm³/mol. The Hall–Kier alpha value is -1.52. The normalized spacial score (nSPS) is 12.4. The van der Waals surface area contributed by atoms with Crippen LogP contribution in [0.3, 0.4) is 0 Å². The Kier molecular flexibility index (Phi) is 4.68. The molecule has 1 unspecified atom stereocenters. The minimum Gasteiger partial charge on any atom is -0.491 e. The maximum Gasteiger partial charge on any atom is 0.119 e. The highest BCUT2D eigenvalue weighted by atomic mass is 35.5. The van der Waals surface area contributed by atoms with Gasteiger partial charge >= 0.3 is 0 Å². The zero-order chi connectivity index (χ0) is 14.7. The van der Waals surface area contributed by atoms with Gasteiger partial charge in [0.1, 0.15) is 18.5 Å². The van der Waals surface area contributed by atoms with Crippen LogP contribution in [0.5, 0.6) is 5.75 Å². The number of aryl methyl sites for hydroxylation is 1. The maximum absolute atomic E-state index is 10.0. The molecule has 0 aliphatic rings. The summed E-state index contributed by atoms with van der Waals surface area (Å²) in [4.78, 5) is 0. The second-order valence-corrected chi connectivity index (χ2v) is 5.33. The molecule has 0 fully saturated rings. The van der Waals surface area contributed by atoms with Crippen LogP contribution in [0.15, 0.2) is 24.3 Å². The van der Waals surface area contributed by atoms with E-state index in [1.165, 1.54) is 0 Å². The highest BCUT2D eigenvalue weighted by molar-refractivity contribution is 6.30. The lowest BCUT2D eigenvalue weighted by Gasteiger charge is -2.13. The summed E-state index contributed by atoms with van der Waals surface area (Å²) in [5.41, 5.74) is 3.23. The molecule has 20 heavy (non-hydrogen) atoms. The number of hydrogen-bond acceptors (Lipinski definition) is 3. The highest BCUT2D eigenvalue weighted by Gasteiger charge is 2.12. The van der Waals surface area contributed by atoms with Gasteiger partial charge in [-0.3, -0.25) is 4.68 Å². The number of aromatic nitrogens is 2. The second-order valence-electron chi connectivity index (χ2n) is 4.90. The van der Waals surface area contributed by atoms with Gasteiger partial charge in [0, 0.05) is 10.7 Å². The van der Waals surface area contributed by atoms with Crippen molar-refractivity contribution >= 4 is 11.6 Å². The van der Waals surface area contributed by atoms with Gasteiger partial charge in [0.25, 0.3) is 0 Å². The van der Waals surface area contributed by atoms with E-state index in [9.17, 15) is 5.11 Å². The summed E-state index contributed by atoms with van der Waals surface area (Å²) < 4.78 is 7.34. The number of halogens is 1. The molecule has 1 N–H and O–H groups in total. The first-order valence-electron chi connectivity index (χ1n) is 6.54. The first-order valence-corrected chi connectivity index (χ1v) is 6.92. The summed E-state index contributed by atoms with van der Waals surface area (Å²) in [5.74, 6) is 0.693. The minimum absolute atomic E-state index is 0.221. The fourth-order valence-electron chi connectivity index (χ4n) is 1.94. The Morgan fingerprint density at radius 2 is 1.90 bits per heavy atom. The lowest BCUT2D eigenvalue weighted by Crippen LogP contribution is -2.24. The summed E-state index contributed by atoms with van der Waals surface area (Å²) >= 11 is 5.80. The molecule has 5 heteroatoms. The SMILES string of the molecule is Cc1nn(CC(O)COc2ccc(Cl)cc2)c(C)c1C. The smallest absolute Gasteiger partial charge is 0.119 e. The highest BCUT2D eigenvalue weighted by Crippen LogP contribution is 2.16. The lowest BCUT2D eigenvalue weighted by molar-refractivity contribution is 0.0887. The van der Waals surface area contributed by atoms with Gasteiger partial charge in [-0.05, 0) is 50.6 Å². The van der Waals surface area contributed by atoms with Gasteiger partial charge in [-0.1, -0.05) is 11.6 Å². The minimum atomic E-state index is -0.608. The van der Waals surface area contributed by atoms with Crippen molar-refractivity contribution < 1.29 is 9.84 Å². The molecule has 2 aromatic rings.